The molecule has 0 spiro atoms. The van der Waals surface area contributed by atoms with Gasteiger partial charge in [-0.05, 0) is 18.6 Å². The molecule has 0 amide bonds. The summed E-state index contributed by atoms with van der Waals surface area (Å²) in [7, 11) is 0. The first kappa shape index (κ1) is 13.4. The largest absolute Gasteiger partial charge is 0.493 e. The van der Waals surface area contributed by atoms with Crippen LogP contribution in [0.25, 0.3) is 0 Å². The van der Waals surface area contributed by atoms with Crippen LogP contribution >= 0.6 is 15.9 Å². The van der Waals surface area contributed by atoms with Crippen molar-refractivity contribution in [1.82, 2.24) is 0 Å². The smallest absolute Gasteiger partial charge is 0.123 e. The number of ether oxygens (including phenoxy) is 2. The van der Waals surface area contributed by atoms with Crippen LogP contribution in [0.3, 0.4) is 0 Å². The predicted molar refractivity (Wildman–Crippen MR) is 70.8 cm³/mol. The van der Waals surface area contributed by atoms with Crippen molar-refractivity contribution < 1.29 is 9.47 Å². The van der Waals surface area contributed by atoms with Gasteiger partial charge in [0, 0.05) is 11.4 Å². The molecule has 0 aromatic heterocycles. The molecule has 0 N–H and O–H groups in total. The second-order valence-electron chi connectivity index (χ2n) is 3.57. The lowest BCUT2D eigenvalue weighted by atomic mass is 10.3. The van der Waals surface area contributed by atoms with Crippen LogP contribution in [0.2, 0.25) is 0 Å². The number of halogens is 1. The molecule has 0 fully saturated rings. The molecule has 0 aliphatic carbocycles. The highest BCUT2D eigenvalue weighted by Crippen LogP contribution is 2.19. The van der Waals surface area contributed by atoms with Crippen molar-refractivity contribution in [3.05, 3.63) is 24.3 Å². The number of unbranched alkanes of at least 4 members (excludes halogenated alkanes) is 2. The monoisotopic (exact) mass is 286 g/mol. The molecular weight excluding hydrogens is 268 g/mol. The third-order valence-corrected chi connectivity index (χ3v) is 2.49. The van der Waals surface area contributed by atoms with Gasteiger partial charge in [0.2, 0.25) is 0 Å². The molecular formula is C13H19BrO2. The Morgan fingerprint density at radius 2 is 1.75 bits per heavy atom. The first-order valence-electron chi connectivity index (χ1n) is 5.78. The fourth-order valence-electron chi connectivity index (χ4n) is 1.35. The topological polar surface area (TPSA) is 18.5 Å². The van der Waals surface area contributed by atoms with Crippen molar-refractivity contribution in [3.8, 4) is 11.5 Å². The zero-order valence-electron chi connectivity index (χ0n) is 9.75. The van der Waals surface area contributed by atoms with Gasteiger partial charge in [0.05, 0.1) is 13.2 Å². The zero-order valence-corrected chi connectivity index (χ0v) is 11.3. The van der Waals surface area contributed by atoms with Crippen molar-refractivity contribution in [3.63, 3.8) is 0 Å². The molecule has 0 saturated heterocycles. The molecule has 0 heterocycles. The molecule has 90 valence electrons. The summed E-state index contributed by atoms with van der Waals surface area (Å²) < 4.78 is 11.1. The minimum atomic E-state index is 0.680. The highest BCUT2D eigenvalue weighted by Gasteiger charge is 1.97. The van der Waals surface area contributed by atoms with Gasteiger partial charge in [0.15, 0.2) is 0 Å². The van der Waals surface area contributed by atoms with Gasteiger partial charge in [-0.15, -0.1) is 0 Å². The molecule has 0 bridgehead atoms. The van der Waals surface area contributed by atoms with Gasteiger partial charge in [-0.1, -0.05) is 41.8 Å². The first-order chi connectivity index (χ1) is 7.86. The van der Waals surface area contributed by atoms with Crippen molar-refractivity contribution in [2.45, 2.75) is 26.2 Å². The summed E-state index contributed by atoms with van der Waals surface area (Å²) in [6.45, 7) is 3.66. The van der Waals surface area contributed by atoms with E-state index in [-0.39, 0.29) is 0 Å². The van der Waals surface area contributed by atoms with Gasteiger partial charge in [0.25, 0.3) is 0 Å². The summed E-state index contributed by atoms with van der Waals surface area (Å²) in [4.78, 5) is 0. The third-order valence-electron chi connectivity index (χ3n) is 2.17. The fourth-order valence-corrected chi connectivity index (χ4v) is 1.51. The van der Waals surface area contributed by atoms with Crippen LogP contribution in [0.5, 0.6) is 11.5 Å². The van der Waals surface area contributed by atoms with Gasteiger partial charge in [-0.3, -0.25) is 0 Å². The van der Waals surface area contributed by atoms with E-state index in [1.807, 2.05) is 24.3 Å². The lowest BCUT2D eigenvalue weighted by Gasteiger charge is -2.08. The summed E-state index contributed by atoms with van der Waals surface area (Å²) in [5.74, 6) is 1.76. The SMILES string of the molecule is CCCCCOc1cccc(OCCBr)c1. The first-order valence-corrected chi connectivity index (χ1v) is 6.90. The number of hydrogen-bond donors (Lipinski definition) is 0. The molecule has 0 radical (unpaired) electrons. The minimum absolute atomic E-state index is 0.680. The van der Waals surface area contributed by atoms with E-state index in [4.69, 9.17) is 9.47 Å². The van der Waals surface area contributed by atoms with Crippen molar-refractivity contribution >= 4 is 15.9 Å². The van der Waals surface area contributed by atoms with E-state index in [0.717, 1.165) is 29.9 Å². The lowest BCUT2D eigenvalue weighted by molar-refractivity contribution is 0.300. The van der Waals surface area contributed by atoms with Gasteiger partial charge in [-0.2, -0.15) is 0 Å². The fraction of sp³-hybridized carbons (Fsp3) is 0.538. The van der Waals surface area contributed by atoms with E-state index in [1.54, 1.807) is 0 Å². The van der Waals surface area contributed by atoms with Gasteiger partial charge in [-0.25, -0.2) is 0 Å². The van der Waals surface area contributed by atoms with Crippen molar-refractivity contribution in [2.24, 2.45) is 0 Å². The third kappa shape index (κ3) is 5.40. The minimum Gasteiger partial charge on any atom is -0.493 e. The molecule has 2 nitrogen and oxygen atoms in total. The summed E-state index contributed by atoms with van der Waals surface area (Å²) in [6, 6.07) is 7.81. The quantitative estimate of drug-likeness (QED) is 0.531. The van der Waals surface area contributed by atoms with Crippen molar-refractivity contribution in [2.75, 3.05) is 18.5 Å². The normalized spacial score (nSPS) is 10.1. The molecule has 0 unspecified atom stereocenters. The standard InChI is InChI=1S/C13H19BrO2/c1-2-3-4-9-15-12-6-5-7-13(11-12)16-10-8-14/h5-7,11H,2-4,8-10H2,1H3. The second-order valence-corrected chi connectivity index (χ2v) is 4.36. The molecule has 3 heteroatoms. The average molecular weight is 287 g/mol. The van der Waals surface area contributed by atoms with Crippen LogP contribution in [0, 0.1) is 0 Å². The Bertz CT molecular complexity index is 289. The Kier molecular flexibility index (Phi) is 7.06. The number of rotatable bonds is 8. The zero-order chi connectivity index (χ0) is 11.6. The Balaban J connectivity index is 2.35. The average Bonchev–Trinajstić information content (AvgIpc) is 2.33. The van der Waals surface area contributed by atoms with Crippen LogP contribution in [0.15, 0.2) is 24.3 Å². The van der Waals surface area contributed by atoms with Gasteiger partial charge < -0.3 is 9.47 Å². The molecule has 16 heavy (non-hydrogen) atoms. The molecule has 0 saturated carbocycles. The van der Waals surface area contributed by atoms with E-state index >= 15 is 0 Å². The molecule has 1 aromatic carbocycles. The van der Waals surface area contributed by atoms with E-state index in [1.165, 1.54) is 12.8 Å². The number of benzene rings is 1. The summed E-state index contributed by atoms with van der Waals surface area (Å²) in [5, 5.41) is 0.842. The van der Waals surface area contributed by atoms with E-state index < -0.39 is 0 Å². The predicted octanol–water partition coefficient (Wildman–Crippen LogP) is 4.03. The maximum Gasteiger partial charge on any atom is 0.123 e. The maximum absolute atomic E-state index is 5.64. The number of hydrogen-bond acceptors (Lipinski definition) is 2. The van der Waals surface area contributed by atoms with Gasteiger partial charge in [0.1, 0.15) is 11.5 Å². The second kappa shape index (κ2) is 8.45. The molecule has 0 atom stereocenters. The summed E-state index contributed by atoms with van der Waals surface area (Å²) >= 11 is 3.33. The van der Waals surface area contributed by atoms with Crippen LogP contribution in [0.1, 0.15) is 26.2 Å². The Morgan fingerprint density at radius 3 is 2.38 bits per heavy atom. The molecule has 1 aromatic rings. The summed E-state index contributed by atoms with van der Waals surface area (Å²) in [6.07, 6.45) is 3.56. The van der Waals surface area contributed by atoms with Crippen LogP contribution in [0.4, 0.5) is 0 Å². The lowest BCUT2D eigenvalue weighted by Crippen LogP contribution is -1.99. The molecule has 0 aliphatic rings. The maximum atomic E-state index is 5.64. The van der Waals surface area contributed by atoms with Crippen LogP contribution < -0.4 is 9.47 Å². The number of alkyl halides is 1. The Morgan fingerprint density at radius 1 is 1.06 bits per heavy atom. The van der Waals surface area contributed by atoms with E-state index in [2.05, 4.69) is 22.9 Å². The Hall–Kier alpha value is -0.700. The van der Waals surface area contributed by atoms with Gasteiger partial charge >= 0.3 is 0 Å². The van der Waals surface area contributed by atoms with E-state index in [9.17, 15) is 0 Å². The van der Waals surface area contributed by atoms with Crippen molar-refractivity contribution in [1.29, 1.82) is 0 Å². The highest BCUT2D eigenvalue weighted by atomic mass is 79.9. The highest BCUT2D eigenvalue weighted by molar-refractivity contribution is 9.09. The summed E-state index contributed by atoms with van der Waals surface area (Å²) in [5.41, 5.74) is 0. The Labute approximate surface area is 106 Å². The molecule has 0 aliphatic heterocycles. The van der Waals surface area contributed by atoms with Crippen LogP contribution in [-0.2, 0) is 0 Å². The molecule has 1 rings (SSSR count). The van der Waals surface area contributed by atoms with Crippen LogP contribution in [-0.4, -0.2) is 18.5 Å². The van der Waals surface area contributed by atoms with E-state index in [0.29, 0.717) is 6.61 Å².